The van der Waals surface area contributed by atoms with Crippen LogP contribution in [-0.2, 0) is 15.8 Å². The molecular weight excluding hydrogens is 335 g/mol. The monoisotopic (exact) mass is 349 g/mol. The van der Waals surface area contributed by atoms with Gasteiger partial charge in [0.2, 0.25) is 0 Å². The Bertz CT molecular complexity index is 830. The molecule has 0 aliphatic carbocycles. The molecular formula is C18H14F3NOS. The summed E-state index contributed by atoms with van der Waals surface area (Å²) in [5.74, 6) is -0.379. The molecule has 24 heavy (non-hydrogen) atoms. The van der Waals surface area contributed by atoms with Crippen LogP contribution in [0.1, 0.15) is 23.6 Å². The number of hydrogen-bond donors (Lipinski definition) is 1. The molecule has 0 radical (unpaired) electrons. The maximum absolute atomic E-state index is 12.9. The number of halogens is 3. The van der Waals surface area contributed by atoms with Gasteiger partial charge >= 0.3 is 6.18 Å². The lowest BCUT2D eigenvalue weighted by atomic mass is 9.92. The molecule has 0 aromatic heterocycles. The molecule has 0 bridgehead atoms. The first-order chi connectivity index (χ1) is 11.2. The Morgan fingerprint density at radius 1 is 1.04 bits per heavy atom. The second-order valence-electron chi connectivity index (χ2n) is 5.54. The molecule has 0 fully saturated rings. The standard InChI is InChI=1S/C18H14F3NOS/c1-11-15(12-6-5-9-14(10-12)18(19,20)21)16(23)17(22,24-11)13-7-3-2-4-8-13/h2-10H,22H2,1H3. The molecule has 1 atom stereocenters. The third-order valence-corrected chi connectivity index (χ3v) is 5.17. The zero-order valence-electron chi connectivity index (χ0n) is 12.7. The van der Waals surface area contributed by atoms with Crippen molar-refractivity contribution in [2.45, 2.75) is 18.0 Å². The molecule has 0 saturated heterocycles. The van der Waals surface area contributed by atoms with E-state index >= 15 is 0 Å². The van der Waals surface area contributed by atoms with Gasteiger partial charge in [0.05, 0.1) is 5.56 Å². The number of rotatable bonds is 2. The van der Waals surface area contributed by atoms with Crippen molar-refractivity contribution in [3.05, 3.63) is 76.2 Å². The van der Waals surface area contributed by atoms with Crippen LogP contribution in [-0.4, -0.2) is 5.78 Å². The molecule has 2 N–H and O–H groups in total. The summed E-state index contributed by atoms with van der Waals surface area (Å²) in [6.45, 7) is 1.70. The molecule has 0 amide bonds. The van der Waals surface area contributed by atoms with E-state index in [1.807, 2.05) is 6.07 Å². The second kappa shape index (κ2) is 5.79. The Balaban J connectivity index is 2.04. The van der Waals surface area contributed by atoms with Crippen LogP contribution in [0.15, 0.2) is 59.5 Å². The number of allylic oxidation sites excluding steroid dienone is 1. The zero-order chi connectivity index (χ0) is 17.5. The Kier molecular flexibility index (Phi) is 4.05. The molecule has 3 rings (SSSR count). The van der Waals surface area contributed by atoms with Gasteiger partial charge in [0.1, 0.15) is 0 Å². The molecule has 2 nitrogen and oxygen atoms in total. The Hall–Kier alpha value is -2.05. The SMILES string of the molecule is CC1=C(c2cccc(C(F)(F)F)c2)C(=O)C(N)(c2ccccc2)S1. The fourth-order valence-electron chi connectivity index (χ4n) is 2.75. The molecule has 2 aromatic rings. The van der Waals surface area contributed by atoms with Crippen LogP contribution in [0, 0.1) is 0 Å². The van der Waals surface area contributed by atoms with Crippen molar-refractivity contribution >= 4 is 23.1 Å². The summed E-state index contributed by atoms with van der Waals surface area (Å²) in [5, 5.41) is 0. The van der Waals surface area contributed by atoms with E-state index in [0.717, 1.165) is 12.1 Å². The molecule has 6 heteroatoms. The Morgan fingerprint density at radius 3 is 2.33 bits per heavy atom. The summed E-state index contributed by atoms with van der Waals surface area (Å²) >= 11 is 1.17. The number of Topliss-reactive ketones (excluding diaryl/α,β-unsaturated/α-hetero) is 1. The van der Waals surface area contributed by atoms with Crippen molar-refractivity contribution in [3.63, 3.8) is 0 Å². The number of carbonyl (C=O) groups is 1. The smallest absolute Gasteiger partial charge is 0.306 e. The highest BCUT2D eigenvalue weighted by atomic mass is 32.2. The highest BCUT2D eigenvalue weighted by Gasteiger charge is 2.45. The highest BCUT2D eigenvalue weighted by Crippen LogP contribution is 2.49. The van der Waals surface area contributed by atoms with Gasteiger partial charge in [-0.2, -0.15) is 13.2 Å². The maximum Gasteiger partial charge on any atom is 0.416 e. The van der Waals surface area contributed by atoms with Crippen LogP contribution in [0.4, 0.5) is 13.2 Å². The normalized spacial score (nSPS) is 21.5. The maximum atomic E-state index is 12.9. The quantitative estimate of drug-likeness (QED) is 0.864. The predicted octanol–water partition coefficient (Wildman–Crippen LogP) is 4.56. The van der Waals surface area contributed by atoms with Crippen LogP contribution in [0.25, 0.3) is 5.57 Å². The van der Waals surface area contributed by atoms with E-state index in [4.69, 9.17) is 5.73 Å². The lowest BCUT2D eigenvalue weighted by Crippen LogP contribution is -2.39. The first-order valence-electron chi connectivity index (χ1n) is 7.20. The number of benzene rings is 2. The number of alkyl halides is 3. The molecule has 1 unspecified atom stereocenters. The van der Waals surface area contributed by atoms with E-state index in [9.17, 15) is 18.0 Å². The summed E-state index contributed by atoms with van der Waals surface area (Å²) in [7, 11) is 0. The summed E-state index contributed by atoms with van der Waals surface area (Å²) in [4.78, 5) is 12.2. The minimum Gasteiger partial charge on any atom is -0.306 e. The summed E-state index contributed by atoms with van der Waals surface area (Å²) < 4.78 is 38.8. The number of thioether (sulfide) groups is 1. The van der Waals surface area contributed by atoms with Gasteiger partial charge in [-0.05, 0) is 35.1 Å². The van der Waals surface area contributed by atoms with Crippen molar-refractivity contribution in [2.75, 3.05) is 0 Å². The van der Waals surface area contributed by atoms with E-state index in [1.54, 1.807) is 31.2 Å². The average molecular weight is 349 g/mol. The minimum atomic E-state index is -4.46. The van der Waals surface area contributed by atoms with Crippen molar-refractivity contribution in [1.29, 1.82) is 0 Å². The third-order valence-electron chi connectivity index (χ3n) is 3.91. The molecule has 1 heterocycles. The summed E-state index contributed by atoms with van der Waals surface area (Å²) in [5.41, 5.74) is 6.64. The molecule has 2 aromatic carbocycles. The highest BCUT2D eigenvalue weighted by molar-refractivity contribution is 8.05. The summed E-state index contributed by atoms with van der Waals surface area (Å²) in [6.07, 6.45) is -4.46. The van der Waals surface area contributed by atoms with Gasteiger partial charge in [0.15, 0.2) is 10.7 Å². The van der Waals surface area contributed by atoms with Gasteiger partial charge in [-0.25, -0.2) is 0 Å². The molecule has 0 spiro atoms. The van der Waals surface area contributed by atoms with Crippen LogP contribution in [0.3, 0.4) is 0 Å². The molecule has 124 valence electrons. The third kappa shape index (κ3) is 2.76. The van der Waals surface area contributed by atoms with E-state index in [1.165, 1.54) is 23.9 Å². The number of ketones is 1. The van der Waals surface area contributed by atoms with Gasteiger partial charge in [-0.1, -0.05) is 54.2 Å². The minimum absolute atomic E-state index is 0.239. The lowest BCUT2D eigenvalue weighted by molar-refractivity contribution is -0.137. The first kappa shape index (κ1) is 16.8. The molecule has 1 aliphatic heterocycles. The topological polar surface area (TPSA) is 43.1 Å². The second-order valence-corrected chi connectivity index (χ2v) is 7.00. The fourth-order valence-corrected chi connectivity index (χ4v) is 3.99. The largest absolute Gasteiger partial charge is 0.416 e. The predicted molar refractivity (Wildman–Crippen MR) is 88.9 cm³/mol. The van der Waals surface area contributed by atoms with Gasteiger partial charge in [-0.15, -0.1) is 0 Å². The Labute approximate surface area is 141 Å². The van der Waals surface area contributed by atoms with E-state index in [-0.39, 0.29) is 16.9 Å². The van der Waals surface area contributed by atoms with Crippen LogP contribution < -0.4 is 5.73 Å². The van der Waals surface area contributed by atoms with Gasteiger partial charge in [0, 0.05) is 5.57 Å². The fraction of sp³-hybridized carbons (Fsp3) is 0.167. The number of carbonyl (C=O) groups excluding carboxylic acids is 1. The van der Waals surface area contributed by atoms with E-state index in [0.29, 0.717) is 10.5 Å². The van der Waals surface area contributed by atoms with E-state index < -0.39 is 16.6 Å². The van der Waals surface area contributed by atoms with Crippen LogP contribution in [0.5, 0.6) is 0 Å². The van der Waals surface area contributed by atoms with Crippen LogP contribution >= 0.6 is 11.8 Å². The van der Waals surface area contributed by atoms with Crippen molar-refractivity contribution < 1.29 is 18.0 Å². The van der Waals surface area contributed by atoms with Crippen molar-refractivity contribution in [2.24, 2.45) is 5.73 Å². The van der Waals surface area contributed by atoms with Crippen molar-refractivity contribution in [1.82, 2.24) is 0 Å². The summed E-state index contributed by atoms with van der Waals surface area (Å²) in [6, 6.07) is 13.6. The van der Waals surface area contributed by atoms with Crippen LogP contribution in [0.2, 0.25) is 0 Å². The van der Waals surface area contributed by atoms with Gasteiger partial charge < -0.3 is 5.73 Å². The lowest BCUT2D eigenvalue weighted by Gasteiger charge is -2.22. The number of hydrogen-bond acceptors (Lipinski definition) is 3. The average Bonchev–Trinajstić information content (AvgIpc) is 2.78. The van der Waals surface area contributed by atoms with Crippen molar-refractivity contribution in [3.8, 4) is 0 Å². The number of nitrogens with two attached hydrogens (primary N) is 1. The first-order valence-corrected chi connectivity index (χ1v) is 8.02. The molecule has 0 saturated carbocycles. The Morgan fingerprint density at radius 2 is 1.71 bits per heavy atom. The van der Waals surface area contributed by atoms with Gasteiger partial charge in [0.25, 0.3) is 0 Å². The molecule has 1 aliphatic rings. The van der Waals surface area contributed by atoms with Gasteiger partial charge in [-0.3, -0.25) is 4.79 Å². The zero-order valence-corrected chi connectivity index (χ0v) is 13.5. The van der Waals surface area contributed by atoms with E-state index in [2.05, 4.69) is 0 Å².